The lowest BCUT2D eigenvalue weighted by molar-refractivity contribution is 0.0696. The third-order valence-corrected chi connectivity index (χ3v) is 3.30. The smallest absolute Gasteiger partial charge is 0.335 e. The van der Waals surface area contributed by atoms with Crippen molar-refractivity contribution in [1.29, 1.82) is 0 Å². The Morgan fingerprint density at radius 3 is 2.29 bits per heavy atom. The second-order valence-electron chi connectivity index (χ2n) is 5.12. The van der Waals surface area contributed by atoms with Gasteiger partial charge in [-0.1, -0.05) is 18.2 Å². The minimum atomic E-state index is -0.943. The molecular formula is C17H17NO3. The molecule has 0 aromatic heterocycles. The van der Waals surface area contributed by atoms with Crippen molar-refractivity contribution in [2.24, 2.45) is 0 Å². The molecule has 0 radical (unpaired) electrons. The molecule has 0 saturated heterocycles. The molecule has 0 atom stereocenters. The van der Waals surface area contributed by atoms with Gasteiger partial charge in [-0.15, -0.1) is 0 Å². The van der Waals surface area contributed by atoms with Gasteiger partial charge in [-0.05, 0) is 47.9 Å². The van der Waals surface area contributed by atoms with Gasteiger partial charge < -0.3 is 10.0 Å². The number of aryl methyl sites for hydroxylation is 1. The van der Waals surface area contributed by atoms with Crippen LogP contribution in [0, 0.1) is 6.92 Å². The summed E-state index contributed by atoms with van der Waals surface area (Å²) in [7, 11) is 3.42. The van der Waals surface area contributed by atoms with Gasteiger partial charge in [0, 0.05) is 19.7 Å². The van der Waals surface area contributed by atoms with Gasteiger partial charge in [0.2, 0.25) is 0 Å². The van der Waals surface area contributed by atoms with Gasteiger partial charge in [-0.25, -0.2) is 4.79 Å². The molecule has 0 saturated carbocycles. The zero-order valence-corrected chi connectivity index (χ0v) is 12.3. The lowest BCUT2D eigenvalue weighted by Crippen LogP contribution is -2.21. The predicted octanol–water partition coefficient (Wildman–Crippen LogP) is 3.06. The lowest BCUT2D eigenvalue weighted by Gasteiger charge is -2.12. The first-order chi connectivity index (χ1) is 9.90. The number of carbonyl (C=O) groups excluding carboxylic acids is 1. The number of carboxylic acids is 1. The molecule has 4 heteroatoms. The van der Waals surface area contributed by atoms with E-state index in [1.807, 2.05) is 25.1 Å². The fourth-order valence-electron chi connectivity index (χ4n) is 2.20. The Hall–Kier alpha value is -2.62. The second-order valence-corrected chi connectivity index (χ2v) is 5.12. The van der Waals surface area contributed by atoms with Gasteiger partial charge in [-0.3, -0.25) is 4.79 Å². The van der Waals surface area contributed by atoms with Crippen molar-refractivity contribution in [2.75, 3.05) is 14.1 Å². The van der Waals surface area contributed by atoms with E-state index in [1.165, 1.54) is 4.90 Å². The van der Waals surface area contributed by atoms with Gasteiger partial charge in [0.25, 0.3) is 5.91 Å². The van der Waals surface area contributed by atoms with Gasteiger partial charge >= 0.3 is 5.97 Å². The topological polar surface area (TPSA) is 57.6 Å². The molecule has 0 aliphatic rings. The zero-order valence-electron chi connectivity index (χ0n) is 12.3. The van der Waals surface area contributed by atoms with E-state index >= 15 is 0 Å². The van der Waals surface area contributed by atoms with Crippen LogP contribution in [0.25, 0.3) is 11.1 Å². The summed E-state index contributed by atoms with van der Waals surface area (Å²) in [4.78, 5) is 24.5. The highest BCUT2D eigenvalue weighted by Gasteiger charge is 2.11. The maximum Gasteiger partial charge on any atom is 0.335 e. The monoisotopic (exact) mass is 283 g/mol. The van der Waals surface area contributed by atoms with Crippen LogP contribution in [0.1, 0.15) is 26.3 Å². The van der Waals surface area contributed by atoms with Crippen LogP contribution >= 0.6 is 0 Å². The maximum absolute atomic E-state index is 12.0. The van der Waals surface area contributed by atoms with E-state index in [2.05, 4.69) is 0 Å². The fourth-order valence-corrected chi connectivity index (χ4v) is 2.20. The molecule has 1 N–H and O–H groups in total. The van der Waals surface area contributed by atoms with E-state index in [-0.39, 0.29) is 11.5 Å². The predicted molar refractivity (Wildman–Crippen MR) is 81.6 cm³/mol. The van der Waals surface area contributed by atoms with Crippen molar-refractivity contribution in [1.82, 2.24) is 4.90 Å². The van der Waals surface area contributed by atoms with Crippen LogP contribution < -0.4 is 0 Å². The van der Waals surface area contributed by atoms with Crippen molar-refractivity contribution < 1.29 is 14.7 Å². The average Bonchev–Trinajstić information content (AvgIpc) is 2.46. The van der Waals surface area contributed by atoms with Crippen LogP contribution in [0.15, 0.2) is 42.5 Å². The Bertz CT molecular complexity index is 705. The molecule has 2 aromatic carbocycles. The normalized spacial score (nSPS) is 10.2. The quantitative estimate of drug-likeness (QED) is 0.941. The molecule has 2 rings (SSSR count). The molecule has 0 heterocycles. The highest BCUT2D eigenvalue weighted by atomic mass is 16.4. The van der Waals surface area contributed by atoms with Gasteiger partial charge in [0.15, 0.2) is 0 Å². The largest absolute Gasteiger partial charge is 0.478 e. The maximum atomic E-state index is 12.0. The van der Waals surface area contributed by atoms with Crippen LogP contribution in [-0.4, -0.2) is 36.0 Å². The number of nitrogens with zero attached hydrogens (tertiary/aromatic N) is 1. The van der Waals surface area contributed by atoms with Crippen LogP contribution in [0.2, 0.25) is 0 Å². The molecule has 0 bridgehead atoms. The SMILES string of the molecule is Cc1cc(C(=O)O)ccc1-c1cccc(C(=O)N(C)C)c1. The summed E-state index contributed by atoms with van der Waals surface area (Å²) in [6.07, 6.45) is 0. The van der Waals surface area contributed by atoms with E-state index in [0.29, 0.717) is 5.56 Å². The summed E-state index contributed by atoms with van der Waals surface area (Å²) >= 11 is 0. The number of benzene rings is 2. The molecule has 0 aliphatic carbocycles. The Labute approximate surface area is 123 Å². The van der Waals surface area contributed by atoms with E-state index in [4.69, 9.17) is 5.11 Å². The lowest BCUT2D eigenvalue weighted by atomic mass is 9.97. The number of rotatable bonds is 3. The van der Waals surface area contributed by atoms with E-state index in [0.717, 1.165) is 16.7 Å². The molecule has 1 amide bonds. The first-order valence-electron chi connectivity index (χ1n) is 6.56. The minimum Gasteiger partial charge on any atom is -0.478 e. The second kappa shape index (κ2) is 5.79. The van der Waals surface area contributed by atoms with Crippen molar-refractivity contribution in [2.45, 2.75) is 6.92 Å². The van der Waals surface area contributed by atoms with E-state index in [9.17, 15) is 9.59 Å². The van der Waals surface area contributed by atoms with Crippen molar-refractivity contribution in [3.05, 3.63) is 59.2 Å². The van der Waals surface area contributed by atoms with Crippen LogP contribution in [0.5, 0.6) is 0 Å². The van der Waals surface area contributed by atoms with Gasteiger partial charge in [0.05, 0.1) is 5.56 Å². The van der Waals surface area contributed by atoms with Crippen molar-refractivity contribution in [3.8, 4) is 11.1 Å². The summed E-state index contributed by atoms with van der Waals surface area (Å²) in [6, 6.07) is 12.3. The third kappa shape index (κ3) is 3.11. The Balaban J connectivity index is 2.45. The van der Waals surface area contributed by atoms with Gasteiger partial charge in [-0.2, -0.15) is 0 Å². The van der Waals surface area contributed by atoms with Crippen molar-refractivity contribution in [3.63, 3.8) is 0 Å². The third-order valence-electron chi connectivity index (χ3n) is 3.30. The number of hydrogen-bond acceptors (Lipinski definition) is 2. The number of aromatic carboxylic acids is 1. The summed E-state index contributed by atoms with van der Waals surface area (Å²) in [5.74, 6) is -1.00. The first-order valence-corrected chi connectivity index (χ1v) is 6.56. The molecule has 2 aromatic rings. The zero-order chi connectivity index (χ0) is 15.6. The molecule has 4 nitrogen and oxygen atoms in total. The van der Waals surface area contributed by atoms with Crippen LogP contribution in [0.4, 0.5) is 0 Å². The molecular weight excluding hydrogens is 266 g/mol. The number of amides is 1. The van der Waals surface area contributed by atoms with Crippen molar-refractivity contribution >= 4 is 11.9 Å². The first kappa shape index (κ1) is 14.8. The number of hydrogen-bond donors (Lipinski definition) is 1. The minimum absolute atomic E-state index is 0.0586. The summed E-state index contributed by atoms with van der Waals surface area (Å²) in [5.41, 5.74) is 3.56. The Kier molecular flexibility index (Phi) is 4.08. The summed E-state index contributed by atoms with van der Waals surface area (Å²) in [6.45, 7) is 1.86. The van der Waals surface area contributed by atoms with Crippen LogP contribution in [-0.2, 0) is 0 Å². The Morgan fingerprint density at radius 2 is 1.71 bits per heavy atom. The fraction of sp³-hybridized carbons (Fsp3) is 0.176. The molecule has 0 aliphatic heterocycles. The van der Waals surface area contributed by atoms with E-state index in [1.54, 1.807) is 38.4 Å². The molecule has 0 spiro atoms. The number of carbonyl (C=O) groups is 2. The summed E-state index contributed by atoms with van der Waals surface area (Å²) in [5, 5.41) is 9.00. The summed E-state index contributed by atoms with van der Waals surface area (Å²) < 4.78 is 0. The van der Waals surface area contributed by atoms with Crippen LogP contribution in [0.3, 0.4) is 0 Å². The molecule has 0 fully saturated rings. The molecule has 0 unspecified atom stereocenters. The van der Waals surface area contributed by atoms with E-state index < -0.39 is 5.97 Å². The average molecular weight is 283 g/mol. The Morgan fingerprint density at radius 1 is 1.00 bits per heavy atom. The highest BCUT2D eigenvalue weighted by molar-refractivity contribution is 5.95. The standard InChI is InChI=1S/C17H17NO3/c1-11-9-14(17(20)21)7-8-15(11)12-5-4-6-13(10-12)16(19)18(2)3/h4-10H,1-3H3,(H,20,21). The number of carboxylic acid groups (broad SMARTS) is 1. The van der Waals surface area contributed by atoms with Gasteiger partial charge in [0.1, 0.15) is 0 Å². The highest BCUT2D eigenvalue weighted by Crippen LogP contribution is 2.25. The molecule has 108 valence electrons. The molecule has 21 heavy (non-hydrogen) atoms.